The van der Waals surface area contributed by atoms with Gasteiger partial charge in [0.1, 0.15) is 11.4 Å². The molecule has 3 aliphatic rings. The number of nitrogens with two attached hydrogens (primary N) is 3. The summed E-state index contributed by atoms with van der Waals surface area (Å²) in [6.07, 6.45) is 1.98. The zero-order valence-electron chi connectivity index (χ0n) is 24.5. The van der Waals surface area contributed by atoms with Gasteiger partial charge in [-0.2, -0.15) is 23.4 Å². The topological polar surface area (TPSA) is 288 Å². The number of carbonyl (C=O) groups is 3. The average molecular weight is 670 g/mol. The molecule has 2 aliphatic heterocycles. The number of hydrogen-bond acceptors (Lipinski definition) is 14. The molecule has 0 bridgehead atoms. The molecule has 1 saturated carbocycles. The first-order valence-electron chi connectivity index (χ1n) is 14.0. The number of aliphatic carboxylic acids is 1. The van der Waals surface area contributed by atoms with Gasteiger partial charge >= 0.3 is 16.3 Å². The summed E-state index contributed by atoms with van der Waals surface area (Å²) >= 11 is 0.995. The zero-order valence-corrected chi connectivity index (χ0v) is 26.1. The summed E-state index contributed by atoms with van der Waals surface area (Å²) in [5.41, 5.74) is 16.0. The van der Waals surface area contributed by atoms with E-state index in [-0.39, 0.29) is 52.8 Å². The Labute approximate surface area is 262 Å². The van der Waals surface area contributed by atoms with Crippen LogP contribution in [0, 0.1) is 5.92 Å². The molecule has 2 aromatic heterocycles. The normalized spacial score (nSPS) is 22.8. The van der Waals surface area contributed by atoms with Crippen LogP contribution in [0.4, 0.5) is 5.13 Å². The summed E-state index contributed by atoms with van der Waals surface area (Å²) in [5, 5.41) is 23.0. The number of oxime groups is 1. The van der Waals surface area contributed by atoms with Crippen LogP contribution in [0.5, 0.6) is 0 Å². The lowest BCUT2D eigenvalue weighted by Crippen LogP contribution is -2.64. The van der Waals surface area contributed by atoms with E-state index in [0.29, 0.717) is 24.7 Å². The number of carboxylic acid groups (broad SMARTS) is 1. The molecule has 3 atom stereocenters. The fourth-order valence-electron chi connectivity index (χ4n) is 4.72. The van der Waals surface area contributed by atoms with Crippen molar-refractivity contribution in [2.24, 2.45) is 27.5 Å². The quantitative estimate of drug-likeness (QED) is 0.0584. The van der Waals surface area contributed by atoms with Crippen molar-refractivity contribution in [2.45, 2.75) is 70.3 Å². The molecule has 2 aromatic rings. The number of hydrogen-bond donors (Lipinski definition) is 5. The van der Waals surface area contributed by atoms with Gasteiger partial charge in [-0.25, -0.2) is 19.1 Å². The highest BCUT2D eigenvalue weighted by molar-refractivity contribution is 7.84. The lowest BCUT2D eigenvalue weighted by molar-refractivity contribution is -0.153. The molecular weight excluding hydrogens is 634 g/mol. The Balaban J connectivity index is 0.00000226. The lowest BCUT2D eigenvalue weighted by Gasteiger charge is -2.43. The number of carboxylic acids is 1. The fraction of sp³-hybridized carbons (Fsp3) is 0.583. The molecule has 8 N–H and O–H groups in total. The van der Waals surface area contributed by atoms with Crippen molar-refractivity contribution in [1.29, 1.82) is 0 Å². The van der Waals surface area contributed by atoms with Gasteiger partial charge in [-0.3, -0.25) is 14.1 Å². The molecule has 1 aliphatic carbocycles. The molecule has 2 saturated heterocycles. The fourth-order valence-corrected chi connectivity index (χ4v) is 6.19. The molecule has 45 heavy (non-hydrogen) atoms. The molecule has 1 amide bonds. The van der Waals surface area contributed by atoms with Gasteiger partial charge in [-0.05, 0) is 6.42 Å². The van der Waals surface area contributed by atoms with E-state index in [4.69, 9.17) is 22.0 Å². The number of thiazole rings is 1. The Morgan fingerprint density at radius 3 is 2.56 bits per heavy atom. The predicted octanol–water partition coefficient (Wildman–Crippen LogP) is -1.18. The molecule has 0 unspecified atom stereocenters. The number of likely N-dealkylation sites (tertiary alicyclic amines) is 1. The second-order valence-corrected chi connectivity index (χ2v) is 12.6. The minimum atomic E-state index is -4.98. The molecular formula is C24H35N11O8S2. The largest absolute Gasteiger partial charge is 0.478 e. The number of aromatic nitrogens is 4. The number of carbonyl (C=O) groups excluding carboxylic acids is 2. The van der Waals surface area contributed by atoms with Crippen LogP contribution in [0.25, 0.3) is 0 Å². The predicted molar refractivity (Wildman–Crippen MR) is 160 cm³/mol. The Bertz CT molecular complexity index is 1600. The standard InChI is InChI=1S/C22H29N11O8S2.C2H6/c23-11-1-4-31(8-11)20(24)26-6-12-7-27-32(29-12)9-15-13(18(35)33(15)43(38,39)40)5-16(34)17(14-10-42-21(25)28-14)30-41-22(2-3-22)19(36)37;1-2/h7,10-11,13,15H,1-6,8-9,23H2,(H2,24,26)(H2,25,28)(H,36,37)(H,38,39,40);1-2H3/b30-17-;/t11-,13-,15+;/m0./s1. The Morgan fingerprint density at radius 2 is 2.00 bits per heavy atom. The molecule has 0 radical (unpaired) electrons. The van der Waals surface area contributed by atoms with E-state index in [1.165, 1.54) is 11.6 Å². The van der Waals surface area contributed by atoms with E-state index >= 15 is 0 Å². The summed E-state index contributed by atoms with van der Waals surface area (Å²) in [6, 6.07) is -1.22. The molecule has 4 heterocycles. The number of rotatable bonds is 12. The maximum absolute atomic E-state index is 13.4. The number of guanidine groups is 1. The van der Waals surface area contributed by atoms with Crippen LogP contribution in [-0.2, 0) is 42.6 Å². The molecule has 246 valence electrons. The third-order valence-electron chi connectivity index (χ3n) is 7.27. The Hall–Kier alpha value is -4.21. The van der Waals surface area contributed by atoms with E-state index in [9.17, 15) is 32.5 Å². The molecule has 5 rings (SSSR count). The number of ketones is 1. The second-order valence-electron chi connectivity index (χ2n) is 10.4. The van der Waals surface area contributed by atoms with Gasteiger partial charge in [0.2, 0.25) is 11.5 Å². The summed E-state index contributed by atoms with van der Waals surface area (Å²) in [4.78, 5) is 54.1. The van der Waals surface area contributed by atoms with Gasteiger partial charge in [-0.15, -0.1) is 11.3 Å². The van der Waals surface area contributed by atoms with Crippen molar-refractivity contribution in [3.8, 4) is 0 Å². The number of β-lactam (4-membered cyclic amide) rings is 1. The minimum Gasteiger partial charge on any atom is -0.478 e. The monoisotopic (exact) mass is 669 g/mol. The van der Waals surface area contributed by atoms with Gasteiger partial charge in [0.25, 0.3) is 0 Å². The number of nitrogen functional groups attached to an aromatic ring is 1. The highest BCUT2D eigenvalue weighted by atomic mass is 32.2. The summed E-state index contributed by atoms with van der Waals surface area (Å²) in [5.74, 6) is -4.00. The maximum Gasteiger partial charge on any atom is 0.362 e. The van der Waals surface area contributed by atoms with Gasteiger partial charge in [0, 0.05) is 43.8 Å². The first-order chi connectivity index (χ1) is 21.3. The average Bonchev–Trinajstić information content (AvgIpc) is 3.25. The number of amides is 1. The third kappa shape index (κ3) is 7.54. The minimum absolute atomic E-state index is 0.00206. The first kappa shape index (κ1) is 33.7. The molecule has 0 aromatic carbocycles. The van der Waals surface area contributed by atoms with Gasteiger partial charge < -0.3 is 32.0 Å². The summed E-state index contributed by atoms with van der Waals surface area (Å²) < 4.78 is 33.9. The number of anilines is 1. The molecule has 21 heteroatoms. The van der Waals surface area contributed by atoms with Crippen LogP contribution in [0.3, 0.4) is 0 Å². The maximum atomic E-state index is 13.4. The highest BCUT2D eigenvalue weighted by Crippen LogP contribution is 2.40. The van der Waals surface area contributed by atoms with Gasteiger partial charge in [-0.1, -0.05) is 19.0 Å². The summed E-state index contributed by atoms with van der Waals surface area (Å²) in [7, 11) is -4.98. The molecule has 0 spiro atoms. The van der Waals surface area contributed by atoms with Crippen molar-refractivity contribution in [3.05, 3.63) is 23.0 Å². The van der Waals surface area contributed by atoms with Crippen molar-refractivity contribution in [3.63, 3.8) is 0 Å². The number of nitrogens with zero attached hydrogens (tertiary/aromatic N) is 8. The first-order valence-corrected chi connectivity index (χ1v) is 16.3. The van der Waals surface area contributed by atoms with Crippen LogP contribution in [-0.4, -0.2) is 107 Å². The van der Waals surface area contributed by atoms with Crippen LogP contribution >= 0.6 is 11.3 Å². The van der Waals surface area contributed by atoms with E-state index in [0.717, 1.165) is 22.6 Å². The smallest absolute Gasteiger partial charge is 0.362 e. The van der Waals surface area contributed by atoms with E-state index < -0.39 is 51.9 Å². The van der Waals surface area contributed by atoms with Crippen molar-refractivity contribution < 1.29 is 37.3 Å². The van der Waals surface area contributed by atoms with Crippen molar-refractivity contribution >= 4 is 56.1 Å². The van der Waals surface area contributed by atoms with E-state index in [1.54, 1.807) is 0 Å². The number of aliphatic imine (C=N–C) groups is 1. The van der Waals surface area contributed by atoms with Gasteiger partial charge in [0.05, 0.1) is 31.2 Å². The summed E-state index contributed by atoms with van der Waals surface area (Å²) in [6.45, 7) is 5.04. The Morgan fingerprint density at radius 1 is 1.29 bits per heavy atom. The van der Waals surface area contributed by atoms with Crippen LogP contribution in [0.2, 0.25) is 0 Å². The molecule has 3 fully saturated rings. The van der Waals surface area contributed by atoms with E-state index in [1.807, 2.05) is 18.7 Å². The van der Waals surface area contributed by atoms with Crippen molar-refractivity contribution in [1.82, 2.24) is 29.2 Å². The molecule has 19 nitrogen and oxygen atoms in total. The lowest BCUT2D eigenvalue weighted by atomic mass is 9.84. The Kier molecular flexibility index (Phi) is 10.0. The zero-order chi connectivity index (χ0) is 33.1. The van der Waals surface area contributed by atoms with Crippen LogP contribution < -0.4 is 17.2 Å². The van der Waals surface area contributed by atoms with E-state index in [2.05, 4.69) is 25.3 Å². The highest BCUT2D eigenvalue weighted by Gasteiger charge is 2.56. The third-order valence-corrected chi connectivity index (χ3v) is 8.90. The van der Waals surface area contributed by atoms with Crippen molar-refractivity contribution in [2.75, 3.05) is 18.8 Å². The van der Waals surface area contributed by atoms with Crippen LogP contribution in [0.1, 0.15) is 50.9 Å². The SMILES string of the molecule is CC.NC(=NCc1cnn(C[C@@H]2[C@H](CC(=O)/C(=N\OC3(C(=O)O)CC3)c3csc(N)n3)C(=O)N2S(=O)(=O)O)n1)N1CC[C@H](N)C1. The second kappa shape index (κ2) is 13.4. The van der Waals surface area contributed by atoms with Gasteiger partial charge in [0.15, 0.2) is 22.6 Å². The number of Topliss-reactive ketones (excluding diaryl/α,β-unsaturated/α-hetero) is 1. The van der Waals surface area contributed by atoms with Crippen LogP contribution in [0.15, 0.2) is 21.7 Å².